The third-order valence-corrected chi connectivity index (χ3v) is 4.60. The summed E-state index contributed by atoms with van der Waals surface area (Å²) in [6.45, 7) is 0.366. The van der Waals surface area contributed by atoms with Gasteiger partial charge in [0.2, 0.25) is 5.43 Å². The summed E-state index contributed by atoms with van der Waals surface area (Å²) in [6.07, 6.45) is 1.51. The van der Waals surface area contributed by atoms with Crippen LogP contribution in [-0.2, 0) is 6.54 Å². The Morgan fingerprint density at radius 3 is 2.11 bits per heavy atom. The first kappa shape index (κ1) is 17.8. The van der Waals surface area contributed by atoms with Crippen molar-refractivity contribution in [3.8, 4) is 0 Å². The molecule has 3 aromatic carbocycles. The van der Waals surface area contributed by atoms with E-state index in [1.54, 1.807) is 34.9 Å². The van der Waals surface area contributed by atoms with Crippen molar-refractivity contribution in [1.82, 2.24) is 4.57 Å². The van der Waals surface area contributed by atoms with Gasteiger partial charge in [-0.05, 0) is 54.1 Å². The van der Waals surface area contributed by atoms with Gasteiger partial charge in [0.25, 0.3) is 0 Å². The lowest BCUT2D eigenvalue weighted by Gasteiger charge is -2.13. The van der Waals surface area contributed by atoms with Crippen LogP contribution in [0.4, 0.5) is 8.78 Å². The molecule has 0 aliphatic rings. The number of halogens is 2. The molecule has 0 saturated heterocycles. The summed E-state index contributed by atoms with van der Waals surface area (Å²) in [5.41, 5.74) is 1.37. The largest absolute Gasteiger partial charge is 0.342 e. The molecule has 0 N–H and O–H groups in total. The summed E-state index contributed by atoms with van der Waals surface area (Å²) >= 11 is 0. The van der Waals surface area contributed by atoms with Gasteiger partial charge in [0.1, 0.15) is 11.6 Å². The molecule has 0 spiro atoms. The first-order valence-corrected chi connectivity index (χ1v) is 8.70. The average Bonchev–Trinajstić information content (AvgIpc) is 2.72. The fraction of sp³-hybridized carbons (Fsp3) is 0.0435. The molecule has 0 bridgehead atoms. The number of hydrogen-bond donors (Lipinski definition) is 0. The summed E-state index contributed by atoms with van der Waals surface area (Å²) in [7, 11) is 0. The number of ketones is 1. The van der Waals surface area contributed by atoms with Crippen molar-refractivity contribution in [2.45, 2.75) is 6.54 Å². The van der Waals surface area contributed by atoms with Crippen LogP contribution in [0.2, 0.25) is 0 Å². The second-order valence-electron chi connectivity index (χ2n) is 6.48. The molecule has 0 radical (unpaired) electrons. The number of aromatic nitrogens is 1. The highest BCUT2D eigenvalue weighted by atomic mass is 19.1. The lowest BCUT2D eigenvalue weighted by Crippen LogP contribution is -2.20. The summed E-state index contributed by atoms with van der Waals surface area (Å²) < 4.78 is 28.2. The highest BCUT2D eigenvalue weighted by Gasteiger charge is 2.17. The van der Waals surface area contributed by atoms with Crippen LogP contribution in [0.5, 0.6) is 0 Å². The molecule has 0 fully saturated rings. The number of pyridine rings is 1. The Labute approximate surface area is 159 Å². The van der Waals surface area contributed by atoms with E-state index >= 15 is 0 Å². The number of carbonyl (C=O) groups excluding carboxylic acids is 1. The van der Waals surface area contributed by atoms with Crippen LogP contribution < -0.4 is 5.43 Å². The molecular weight excluding hydrogens is 360 g/mol. The molecule has 3 nitrogen and oxygen atoms in total. The summed E-state index contributed by atoms with van der Waals surface area (Å²) in [6, 6.07) is 18.1. The van der Waals surface area contributed by atoms with E-state index in [4.69, 9.17) is 0 Å². The summed E-state index contributed by atoms with van der Waals surface area (Å²) in [4.78, 5) is 25.8. The molecular formula is C23H15F2NO2. The van der Waals surface area contributed by atoms with Crippen LogP contribution in [-0.4, -0.2) is 10.4 Å². The van der Waals surface area contributed by atoms with Crippen LogP contribution >= 0.6 is 0 Å². The number of benzene rings is 3. The van der Waals surface area contributed by atoms with E-state index in [0.717, 1.165) is 5.56 Å². The van der Waals surface area contributed by atoms with Gasteiger partial charge in [-0.25, -0.2) is 8.78 Å². The van der Waals surface area contributed by atoms with Gasteiger partial charge in [0.15, 0.2) is 5.78 Å². The predicted molar refractivity (Wildman–Crippen MR) is 104 cm³/mol. The van der Waals surface area contributed by atoms with Gasteiger partial charge < -0.3 is 4.57 Å². The zero-order valence-electron chi connectivity index (χ0n) is 14.7. The van der Waals surface area contributed by atoms with Crippen molar-refractivity contribution < 1.29 is 13.6 Å². The maximum atomic E-state index is 13.2. The second kappa shape index (κ2) is 7.19. The Morgan fingerprint density at radius 2 is 1.43 bits per heavy atom. The number of fused-ring (bicyclic) bond motifs is 1. The molecule has 0 saturated carbocycles. The third kappa shape index (κ3) is 3.34. The molecule has 28 heavy (non-hydrogen) atoms. The SMILES string of the molecule is O=C(c1ccc(F)cc1)c1cn(Cc2ccc(F)cc2)c2ccccc2c1=O. The summed E-state index contributed by atoms with van der Waals surface area (Å²) in [5, 5.41) is 0.414. The van der Waals surface area contributed by atoms with Crippen molar-refractivity contribution >= 4 is 16.7 Å². The number of hydrogen-bond acceptors (Lipinski definition) is 2. The minimum absolute atomic E-state index is 0.00687. The maximum Gasteiger partial charge on any atom is 0.200 e. The quantitative estimate of drug-likeness (QED) is 0.491. The maximum absolute atomic E-state index is 13.2. The first-order valence-electron chi connectivity index (χ1n) is 8.70. The highest BCUT2D eigenvalue weighted by molar-refractivity contribution is 6.10. The molecule has 1 heterocycles. The predicted octanol–water partition coefficient (Wildman–Crippen LogP) is 4.56. The monoisotopic (exact) mass is 375 g/mol. The third-order valence-electron chi connectivity index (χ3n) is 4.60. The van der Waals surface area contributed by atoms with Gasteiger partial charge >= 0.3 is 0 Å². The average molecular weight is 375 g/mol. The molecule has 0 aliphatic heterocycles. The van der Waals surface area contributed by atoms with Gasteiger partial charge in [-0.3, -0.25) is 9.59 Å². The zero-order valence-corrected chi connectivity index (χ0v) is 14.7. The summed E-state index contributed by atoms with van der Waals surface area (Å²) in [5.74, 6) is -1.26. The van der Waals surface area contributed by atoms with Crippen LogP contribution in [0.25, 0.3) is 10.9 Å². The number of para-hydroxylation sites is 1. The van der Waals surface area contributed by atoms with Crippen LogP contribution in [0.15, 0.2) is 83.8 Å². The lowest BCUT2D eigenvalue weighted by atomic mass is 10.0. The molecule has 0 aliphatic carbocycles. The molecule has 4 rings (SSSR count). The van der Waals surface area contributed by atoms with Crippen molar-refractivity contribution in [2.24, 2.45) is 0 Å². The van der Waals surface area contributed by atoms with Gasteiger partial charge in [-0.1, -0.05) is 24.3 Å². The van der Waals surface area contributed by atoms with E-state index in [-0.39, 0.29) is 22.4 Å². The molecule has 5 heteroatoms. The Hall–Kier alpha value is -3.60. The fourth-order valence-electron chi connectivity index (χ4n) is 3.18. The van der Waals surface area contributed by atoms with E-state index in [9.17, 15) is 18.4 Å². The van der Waals surface area contributed by atoms with Crippen molar-refractivity contribution in [2.75, 3.05) is 0 Å². The molecule has 4 aromatic rings. The highest BCUT2D eigenvalue weighted by Crippen LogP contribution is 2.17. The molecule has 0 atom stereocenters. The first-order chi connectivity index (χ1) is 13.5. The standard InChI is InChI=1S/C23H15F2NO2/c24-17-9-5-15(6-10-17)13-26-14-20(22(27)16-7-11-18(25)12-8-16)23(28)19-3-1-2-4-21(19)26/h1-12,14H,13H2. The van der Waals surface area contributed by atoms with E-state index in [0.29, 0.717) is 17.4 Å². The van der Waals surface area contributed by atoms with Crippen LogP contribution in [0.3, 0.4) is 0 Å². The molecule has 1 aromatic heterocycles. The Bertz CT molecular complexity index is 1230. The molecule has 0 amide bonds. The van der Waals surface area contributed by atoms with Crippen LogP contribution in [0, 0.1) is 11.6 Å². The van der Waals surface area contributed by atoms with Gasteiger partial charge in [-0.15, -0.1) is 0 Å². The molecule has 0 unspecified atom stereocenters. The molecule has 138 valence electrons. The van der Waals surface area contributed by atoms with Crippen LogP contribution in [0.1, 0.15) is 21.5 Å². The number of nitrogens with zero attached hydrogens (tertiary/aromatic N) is 1. The van der Waals surface area contributed by atoms with E-state index in [1.807, 2.05) is 6.07 Å². The lowest BCUT2D eigenvalue weighted by molar-refractivity contribution is 0.103. The number of carbonyl (C=O) groups is 1. The van der Waals surface area contributed by atoms with E-state index < -0.39 is 11.6 Å². The number of rotatable bonds is 4. The second-order valence-corrected chi connectivity index (χ2v) is 6.48. The van der Waals surface area contributed by atoms with E-state index in [2.05, 4.69) is 0 Å². The van der Waals surface area contributed by atoms with Gasteiger partial charge in [0.05, 0.1) is 11.1 Å². The zero-order chi connectivity index (χ0) is 19.7. The Morgan fingerprint density at radius 1 is 0.821 bits per heavy atom. The van der Waals surface area contributed by atoms with Crippen molar-refractivity contribution in [3.05, 3.63) is 118 Å². The van der Waals surface area contributed by atoms with Gasteiger partial charge in [0, 0.05) is 23.7 Å². The van der Waals surface area contributed by atoms with Gasteiger partial charge in [-0.2, -0.15) is 0 Å². The smallest absolute Gasteiger partial charge is 0.200 e. The van der Waals surface area contributed by atoms with E-state index in [1.165, 1.54) is 42.6 Å². The topological polar surface area (TPSA) is 39.1 Å². The normalized spacial score (nSPS) is 10.9. The van der Waals surface area contributed by atoms with Crippen molar-refractivity contribution in [1.29, 1.82) is 0 Å². The minimum Gasteiger partial charge on any atom is -0.342 e. The fourth-order valence-corrected chi connectivity index (χ4v) is 3.18. The Balaban J connectivity index is 1.86. The Kier molecular flexibility index (Phi) is 4.57. The minimum atomic E-state index is -0.469. The van der Waals surface area contributed by atoms with Crippen molar-refractivity contribution in [3.63, 3.8) is 0 Å².